The Kier molecular flexibility index (Phi) is 5.03. The predicted octanol–water partition coefficient (Wildman–Crippen LogP) is 2.33. The number of rotatable bonds is 5. The van der Waals surface area contributed by atoms with E-state index in [1.165, 1.54) is 6.92 Å². The first-order valence-corrected chi connectivity index (χ1v) is 8.39. The van der Waals surface area contributed by atoms with Crippen molar-refractivity contribution in [2.45, 2.75) is 25.8 Å². The molecule has 0 unspecified atom stereocenters. The number of ether oxygens (including phenoxy) is 1. The van der Waals surface area contributed by atoms with Gasteiger partial charge in [-0.25, -0.2) is 0 Å². The fraction of sp³-hybridized carbons (Fsp3) is 0.300. The van der Waals surface area contributed by atoms with Crippen molar-refractivity contribution in [1.82, 2.24) is 5.32 Å². The maximum Gasteiger partial charge on any atom is 0.243 e. The van der Waals surface area contributed by atoms with Crippen molar-refractivity contribution in [3.63, 3.8) is 0 Å². The average Bonchev–Trinajstić information content (AvgIpc) is 3.02. The second-order valence-electron chi connectivity index (χ2n) is 6.09. The molecule has 0 bridgehead atoms. The molecule has 0 saturated heterocycles. The summed E-state index contributed by atoms with van der Waals surface area (Å²) >= 11 is 0. The van der Waals surface area contributed by atoms with Crippen LogP contribution < -0.4 is 15.0 Å². The number of fused-ring (bicyclic) bond motifs is 1. The lowest BCUT2D eigenvalue weighted by molar-refractivity contribution is -0.125. The van der Waals surface area contributed by atoms with Crippen molar-refractivity contribution in [2.75, 3.05) is 18.6 Å². The summed E-state index contributed by atoms with van der Waals surface area (Å²) in [6, 6.07) is 14.9. The van der Waals surface area contributed by atoms with Crippen LogP contribution in [0.25, 0.3) is 0 Å². The molecule has 1 N–H and O–H groups in total. The lowest BCUT2D eigenvalue weighted by Gasteiger charge is -2.23. The van der Waals surface area contributed by atoms with Crippen LogP contribution in [0.5, 0.6) is 5.75 Å². The summed E-state index contributed by atoms with van der Waals surface area (Å²) < 4.78 is 5.33. The minimum atomic E-state index is -0.479. The fourth-order valence-electron chi connectivity index (χ4n) is 3.33. The van der Waals surface area contributed by atoms with Crippen LogP contribution in [0, 0.1) is 0 Å². The van der Waals surface area contributed by atoms with E-state index in [1.807, 2.05) is 48.5 Å². The molecule has 1 heterocycles. The number of anilines is 1. The van der Waals surface area contributed by atoms with Crippen LogP contribution in [-0.4, -0.2) is 31.5 Å². The molecule has 0 spiro atoms. The van der Waals surface area contributed by atoms with Gasteiger partial charge in [0.2, 0.25) is 11.8 Å². The second-order valence-corrected chi connectivity index (χ2v) is 6.09. The van der Waals surface area contributed by atoms with E-state index >= 15 is 0 Å². The Balaban J connectivity index is 1.64. The summed E-state index contributed by atoms with van der Waals surface area (Å²) in [4.78, 5) is 26.3. The van der Waals surface area contributed by atoms with Crippen LogP contribution in [0.15, 0.2) is 48.5 Å². The number of amides is 2. The highest BCUT2D eigenvalue weighted by atomic mass is 16.5. The third-order valence-electron chi connectivity index (χ3n) is 4.50. The highest BCUT2D eigenvalue weighted by molar-refractivity contribution is 6.02. The molecule has 1 aliphatic rings. The molecule has 5 heteroatoms. The fourth-order valence-corrected chi connectivity index (χ4v) is 3.33. The first-order valence-electron chi connectivity index (χ1n) is 8.39. The molecule has 3 rings (SSSR count). The normalized spacial score (nSPS) is 15.6. The van der Waals surface area contributed by atoms with E-state index in [0.717, 1.165) is 22.6 Å². The number of methoxy groups -OCH3 is 1. The van der Waals surface area contributed by atoms with Crippen LogP contribution in [0.1, 0.15) is 18.1 Å². The van der Waals surface area contributed by atoms with Crippen LogP contribution in [0.2, 0.25) is 0 Å². The van der Waals surface area contributed by atoms with Crippen molar-refractivity contribution in [2.24, 2.45) is 0 Å². The summed E-state index contributed by atoms with van der Waals surface area (Å²) in [5, 5.41) is 2.96. The van der Waals surface area contributed by atoms with Crippen molar-refractivity contribution in [1.29, 1.82) is 0 Å². The van der Waals surface area contributed by atoms with E-state index in [-0.39, 0.29) is 11.8 Å². The lowest BCUT2D eigenvalue weighted by Crippen LogP contribution is -2.47. The van der Waals surface area contributed by atoms with Gasteiger partial charge < -0.3 is 10.1 Å². The first kappa shape index (κ1) is 17.0. The highest BCUT2D eigenvalue weighted by Crippen LogP contribution is 2.32. The lowest BCUT2D eigenvalue weighted by atomic mass is 10.1. The second kappa shape index (κ2) is 7.38. The number of para-hydroxylation sites is 2. The molecule has 0 aliphatic carbocycles. The summed E-state index contributed by atoms with van der Waals surface area (Å²) in [7, 11) is 1.64. The number of hydrogen-bond acceptors (Lipinski definition) is 3. The Morgan fingerprint density at radius 2 is 1.88 bits per heavy atom. The predicted molar refractivity (Wildman–Crippen MR) is 96.8 cm³/mol. The molecule has 2 amide bonds. The van der Waals surface area contributed by atoms with Gasteiger partial charge >= 0.3 is 0 Å². The van der Waals surface area contributed by atoms with Crippen LogP contribution in [-0.2, 0) is 22.4 Å². The van der Waals surface area contributed by atoms with Gasteiger partial charge in [0.25, 0.3) is 0 Å². The van der Waals surface area contributed by atoms with Gasteiger partial charge in [0.15, 0.2) is 0 Å². The summed E-state index contributed by atoms with van der Waals surface area (Å²) in [5.41, 5.74) is 2.91. The molecular formula is C20H22N2O3. The molecule has 0 radical (unpaired) electrons. The Morgan fingerprint density at radius 3 is 2.64 bits per heavy atom. The summed E-state index contributed by atoms with van der Waals surface area (Å²) in [6.45, 7) is 2.00. The third kappa shape index (κ3) is 3.50. The highest BCUT2D eigenvalue weighted by Gasteiger charge is 2.36. The summed E-state index contributed by atoms with van der Waals surface area (Å²) in [5.74, 6) is 0.575. The molecule has 0 saturated carbocycles. The molecule has 2 aromatic carbocycles. The minimum Gasteiger partial charge on any atom is -0.496 e. The monoisotopic (exact) mass is 338 g/mol. The topological polar surface area (TPSA) is 58.6 Å². The van der Waals surface area contributed by atoms with Crippen molar-refractivity contribution < 1.29 is 14.3 Å². The minimum absolute atomic E-state index is 0.116. The molecule has 0 aromatic heterocycles. The van der Waals surface area contributed by atoms with Crippen molar-refractivity contribution in [3.8, 4) is 5.75 Å². The number of benzene rings is 2. The smallest absolute Gasteiger partial charge is 0.243 e. The Morgan fingerprint density at radius 1 is 1.16 bits per heavy atom. The number of nitrogens with zero attached hydrogens (tertiary/aromatic N) is 1. The third-order valence-corrected chi connectivity index (χ3v) is 4.50. The van der Waals surface area contributed by atoms with E-state index in [0.29, 0.717) is 19.4 Å². The Labute approximate surface area is 147 Å². The van der Waals surface area contributed by atoms with Gasteiger partial charge in [0.05, 0.1) is 7.11 Å². The molecule has 1 atom stereocenters. The summed E-state index contributed by atoms with van der Waals surface area (Å²) in [6.07, 6.45) is 1.23. The van der Waals surface area contributed by atoms with Crippen LogP contribution >= 0.6 is 0 Å². The van der Waals surface area contributed by atoms with Gasteiger partial charge in [-0.2, -0.15) is 0 Å². The Hall–Kier alpha value is -2.82. The zero-order valence-electron chi connectivity index (χ0n) is 14.5. The van der Waals surface area contributed by atoms with E-state index in [9.17, 15) is 9.59 Å². The number of carbonyl (C=O) groups excluding carboxylic acids is 2. The molecule has 0 fully saturated rings. The number of nitrogens with one attached hydrogen (secondary N) is 1. The quantitative estimate of drug-likeness (QED) is 0.910. The van der Waals surface area contributed by atoms with Gasteiger partial charge in [-0.05, 0) is 29.7 Å². The zero-order valence-corrected chi connectivity index (χ0v) is 14.5. The largest absolute Gasteiger partial charge is 0.496 e. The van der Waals surface area contributed by atoms with Gasteiger partial charge in [-0.15, -0.1) is 0 Å². The molecular weight excluding hydrogens is 316 g/mol. The van der Waals surface area contributed by atoms with E-state index in [1.54, 1.807) is 12.0 Å². The van der Waals surface area contributed by atoms with Crippen LogP contribution in [0.4, 0.5) is 5.69 Å². The maximum absolute atomic E-state index is 12.6. The van der Waals surface area contributed by atoms with Crippen LogP contribution in [0.3, 0.4) is 0 Å². The number of carbonyl (C=O) groups is 2. The van der Waals surface area contributed by atoms with Gasteiger partial charge in [0.1, 0.15) is 11.8 Å². The van der Waals surface area contributed by atoms with Crippen molar-refractivity contribution in [3.05, 3.63) is 59.7 Å². The van der Waals surface area contributed by atoms with E-state index in [4.69, 9.17) is 4.74 Å². The van der Waals surface area contributed by atoms with Gasteiger partial charge in [-0.1, -0.05) is 36.4 Å². The standard InChI is InChI=1S/C20H22N2O3/c1-14(23)22-17-9-5-3-8-16(17)13-18(22)20(24)21-12-11-15-7-4-6-10-19(15)25-2/h3-10,18H,11-13H2,1-2H3,(H,21,24)/t18-/m0/s1. The van der Waals surface area contributed by atoms with Gasteiger partial charge in [-0.3, -0.25) is 14.5 Å². The van der Waals surface area contributed by atoms with Gasteiger partial charge in [0, 0.05) is 25.6 Å². The molecule has 25 heavy (non-hydrogen) atoms. The first-order chi connectivity index (χ1) is 12.1. The molecule has 130 valence electrons. The molecule has 5 nitrogen and oxygen atoms in total. The number of hydrogen-bond donors (Lipinski definition) is 1. The SMILES string of the molecule is COc1ccccc1CCNC(=O)[C@@H]1Cc2ccccc2N1C(C)=O. The Bertz CT molecular complexity index is 788. The zero-order chi connectivity index (χ0) is 17.8. The van der Waals surface area contributed by atoms with E-state index < -0.39 is 6.04 Å². The maximum atomic E-state index is 12.6. The van der Waals surface area contributed by atoms with E-state index in [2.05, 4.69) is 5.32 Å². The molecule has 2 aromatic rings. The van der Waals surface area contributed by atoms with Crippen molar-refractivity contribution >= 4 is 17.5 Å². The average molecular weight is 338 g/mol. The molecule has 1 aliphatic heterocycles.